The lowest BCUT2D eigenvalue weighted by Crippen LogP contribution is -2.47. The van der Waals surface area contributed by atoms with Crippen LogP contribution in [0.4, 0.5) is 0 Å². The summed E-state index contributed by atoms with van der Waals surface area (Å²) in [4.78, 5) is 4.23. The predicted molar refractivity (Wildman–Crippen MR) is 74.6 cm³/mol. The van der Waals surface area contributed by atoms with Gasteiger partial charge >= 0.3 is 0 Å². The summed E-state index contributed by atoms with van der Waals surface area (Å²) in [6.07, 6.45) is 2.04. The summed E-state index contributed by atoms with van der Waals surface area (Å²) in [7, 11) is 0. The number of ether oxygens (including phenoxy) is 1. The Labute approximate surface area is 117 Å². The van der Waals surface area contributed by atoms with E-state index in [0.717, 1.165) is 13.1 Å². The molecule has 0 spiro atoms. The molecule has 1 aliphatic heterocycles. The van der Waals surface area contributed by atoms with Crippen molar-refractivity contribution in [2.24, 2.45) is 0 Å². The fourth-order valence-electron chi connectivity index (χ4n) is 2.11. The van der Waals surface area contributed by atoms with Crippen molar-refractivity contribution in [3.8, 4) is 0 Å². The normalized spacial score (nSPS) is 23.4. The van der Waals surface area contributed by atoms with Gasteiger partial charge in [0.25, 0.3) is 0 Å². The number of morpholine rings is 1. The number of nitrogens with one attached hydrogen (secondary N) is 1. The van der Waals surface area contributed by atoms with Gasteiger partial charge in [-0.15, -0.1) is 5.10 Å². The molecule has 1 fully saturated rings. The van der Waals surface area contributed by atoms with Gasteiger partial charge in [-0.05, 0) is 19.1 Å². The fraction of sp³-hybridized carbons (Fsp3) is 0.727. The van der Waals surface area contributed by atoms with Crippen LogP contribution < -0.4 is 5.43 Å². The minimum absolute atomic E-state index is 0.0398. The van der Waals surface area contributed by atoms with Crippen LogP contribution in [-0.2, 0) is 4.74 Å². The Morgan fingerprint density at radius 1 is 1.53 bits per heavy atom. The molecule has 1 saturated heterocycles. The van der Waals surface area contributed by atoms with E-state index in [-0.39, 0.29) is 18.8 Å². The monoisotopic (exact) mass is 285 g/mol. The lowest BCUT2D eigenvalue weighted by molar-refractivity contribution is -0.0472. The molecule has 7 nitrogen and oxygen atoms in total. The molecule has 19 heavy (non-hydrogen) atoms. The topological polar surface area (TPSA) is 75.4 Å². The number of aliphatic hydroxyl groups is 1. The van der Waals surface area contributed by atoms with E-state index in [1.54, 1.807) is 6.20 Å². The molecular formula is C11H19N5O2S. The summed E-state index contributed by atoms with van der Waals surface area (Å²) >= 11 is 5.45. The number of aliphatic hydroxyl groups excluding tert-OH is 1. The summed E-state index contributed by atoms with van der Waals surface area (Å²) in [5.74, 6) is 0. The molecule has 2 heterocycles. The maximum absolute atomic E-state index is 8.73. The van der Waals surface area contributed by atoms with Gasteiger partial charge in [-0.2, -0.15) is 4.79 Å². The molecule has 2 rings (SSSR count). The minimum Gasteiger partial charge on any atom is -0.394 e. The predicted octanol–water partition coefficient (Wildman–Crippen LogP) is -0.401. The molecule has 0 aliphatic carbocycles. The standard InChI is InChI=1S/C11H19N5O2S/c1-8-5-15(6-9(2)18-8)11(19)10-7-16(14-13-10)12-3-4-17/h7-9,12,17H,3-6H2,1-2H3/t8-,9-/m0/s1. The molecule has 0 radical (unpaired) electrons. The van der Waals surface area contributed by atoms with Crippen LogP contribution in [0, 0.1) is 0 Å². The summed E-state index contributed by atoms with van der Waals surface area (Å²) < 4.78 is 5.68. The average Bonchev–Trinajstić information content (AvgIpc) is 2.83. The molecule has 0 saturated carbocycles. The Balaban J connectivity index is 2.00. The van der Waals surface area contributed by atoms with E-state index < -0.39 is 0 Å². The van der Waals surface area contributed by atoms with Crippen molar-refractivity contribution in [1.82, 2.24) is 20.0 Å². The quantitative estimate of drug-likeness (QED) is 0.729. The molecule has 0 unspecified atom stereocenters. The Morgan fingerprint density at radius 3 is 2.84 bits per heavy atom. The summed E-state index contributed by atoms with van der Waals surface area (Å²) in [5, 5.41) is 16.7. The number of hydrogen-bond acceptors (Lipinski definition) is 6. The highest BCUT2D eigenvalue weighted by Gasteiger charge is 2.25. The second-order valence-corrected chi connectivity index (χ2v) is 5.03. The van der Waals surface area contributed by atoms with E-state index in [4.69, 9.17) is 22.1 Å². The van der Waals surface area contributed by atoms with Crippen molar-refractivity contribution in [2.75, 3.05) is 31.7 Å². The number of thiocarbonyl (C=S) groups is 1. The van der Waals surface area contributed by atoms with Gasteiger partial charge in [0.05, 0.1) is 31.6 Å². The Morgan fingerprint density at radius 2 is 2.21 bits per heavy atom. The van der Waals surface area contributed by atoms with Crippen molar-refractivity contribution in [3.63, 3.8) is 0 Å². The van der Waals surface area contributed by atoms with E-state index in [0.29, 0.717) is 17.2 Å². The van der Waals surface area contributed by atoms with Crippen molar-refractivity contribution in [1.29, 1.82) is 0 Å². The zero-order valence-corrected chi connectivity index (χ0v) is 11.9. The third kappa shape index (κ3) is 3.62. The molecule has 1 aliphatic rings. The summed E-state index contributed by atoms with van der Waals surface area (Å²) in [6.45, 7) is 6.05. The SMILES string of the molecule is C[C@H]1CN(C(=S)c2cn(NCCO)nn2)C[C@H](C)O1. The van der Waals surface area contributed by atoms with Crippen molar-refractivity contribution in [2.45, 2.75) is 26.1 Å². The Kier molecular flexibility index (Phi) is 4.67. The van der Waals surface area contributed by atoms with Gasteiger partial charge in [-0.1, -0.05) is 12.2 Å². The maximum Gasteiger partial charge on any atom is 0.142 e. The number of nitrogens with zero attached hydrogens (tertiary/aromatic N) is 4. The van der Waals surface area contributed by atoms with E-state index >= 15 is 0 Å². The van der Waals surface area contributed by atoms with Crippen molar-refractivity contribution < 1.29 is 9.84 Å². The molecular weight excluding hydrogens is 266 g/mol. The number of aromatic nitrogens is 3. The van der Waals surface area contributed by atoms with Crippen molar-refractivity contribution in [3.05, 3.63) is 11.9 Å². The molecule has 0 amide bonds. The number of hydrogen-bond donors (Lipinski definition) is 2. The molecule has 0 bridgehead atoms. The van der Waals surface area contributed by atoms with Gasteiger partial charge in [0, 0.05) is 13.1 Å². The van der Waals surface area contributed by atoms with Gasteiger partial charge in [-0.25, -0.2) is 0 Å². The first-order valence-electron chi connectivity index (χ1n) is 6.32. The molecule has 2 atom stereocenters. The van der Waals surface area contributed by atoms with Crippen LogP contribution in [0.2, 0.25) is 0 Å². The lowest BCUT2D eigenvalue weighted by Gasteiger charge is -2.36. The highest BCUT2D eigenvalue weighted by Crippen LogP contribution is 2.13. The van der Waals surface area contributed by atoms with Crippen LogP contribution >= 0.6 is 12.2 Å². The zero-order valence-electron chi connectivity index (χ0n) is 11.1. The molecule has 106 valence electrons. The van der Waals surface area contributed by atoms with Crippen LogP contribution in [0.25, 0.3) is 0 Å². The smallest absolute Gasteiger partial charge is 0.142 e. The fourth-order valence-corrected chi connectivity index (χ4v) is 2.35. The van der Waals surface area contributed by atoms with Crippen LogP contribution in [0.1, 0.15) is 19.5 Å². The second-order valence-electron chi connectivity index (χ2n) is 4.65. The van der Waals surface area contributed by atoms with Gasteiger partial charge in [0.1, 0.15) is 10.7 Å². The second kappa shape index (κ2) is 6.27. The molecule has 1 aromatic rings. The van der Waals surface area contributed by atoms with Gasteiger partial charge in [0.2, 0.25) is 0 Å². The van der Waals surface area contributed by atoms with Crippen LogP contribution in [-0.4, -0.2) is 68.5 Å². The first-order chi connectivity index (χ1) is 9.10. The largest absolute Gasteiger partial charge is 0.394 e. The zero-order chi connectivity index (χ0) is 13.8. The highest BCUT2D eigenvalue weighted by atomic mass is 32.1. The van der Waals surface area contributed by atoms with Gasteiger partial charge < -0.3 is 20.2 Å². The molecule has 1 aromatic heterocycles. The Bertz CT molecular complexity index is 428. The molecule has 0 aromatic carbocycles. The third-order valence-electron chi connectivity index (χ3n) is 2.80. The van der Waals surface area contributed by atoms with Crippen LogP contribution in [0.15, 0.2) is 6.20 Å². The number of rotatable bonds is 4. The molecule has 8 heteroatoms. The van der Waals surface area contributed by atoms with E-state index in [2.05, 4.69) is 20.6 Å². The first-order valence-corrected chi connectivity index (χ1v) is 6.72. The minimum atomic E-state index is 0.0398. The van der Waals surface area contributed by atoms with E-state index in [1.165, 1.54) is 4.79 Å². The van der Waals surface area contributed by atoms with Gasteiger partial charge in [0.15, 0.2) is 0 Å². The maximum atomic E-state index is 8.73. The highest BCUT2D eigenvalue weighted by molar-refractivity contribution is 7.80. The lowest BCUT2D eigenvalue weighted by atomic mass is 10.2. The summed E-state index contributed by atoms with van der Waals surface area (Å²) in [6, 6.07) is 0. The van der Waals surface area contributed by atoms with E-state index in [9.17, 15) is 0 Å². The average molecular weight is 285 g/mol. The molecule has 2 N–H and O–H groups in total. The van der Waals surface area contributed by atoms with Crippen molar-refractivity contribution >= 4 is 17.2 Å². The first kappa shape index (κ1) is 14.2. The van der Waals surface area contributed by atoms with Crippen LogP contribution in [0.5, 0.6) is 0 Å². The van der Waals surface area contributed by atoms with Gasteiger partial charge in [-0.3, -0.25) is 0 Å². The van der Waals surface area contributed by atoms with Crippen LogP contribution in [0.3, 0.4) is 0 Å². The summed E-state index contributed by atoms with van der Waals surface area (Å²) in [5.41, 5.74) is 3.53. The third-order valence-corrected chi connectivity index (χ3v) is 3.27. The van der Waals surface area contributed by atoms with E-state index in [1.807, 2.05) is 13.8 Å². The Hall–Kier alpha value is -1.25.